The quantitative estimate of drug-likeness (QED) is 0.435. The number of fused-ring (bicyclic) bond motifs is 1. The second kappa shape index (κ2) is 8.15. The Morgan fingerprint density at radius 3 is 2.42 bits per heavy atom. The molecule has 0 aromatic rings. The Bertz CT molecular complexity index is 523. The van der Waals surface area contributed by atoms with Crippen LogP contribution in [0.15, 0.2) is 12.2 Å². The van der Waals surface area contributed by atoms with Crippen molar-refractivity contribution in [2.45, 2.75) is 71.7 Å². The summed E-state index contributed by atoms with van der Waals surface area (Å²) in [5.41, 5.74) is 0. The summed E-state index contributed by atoms with van der Waals surface area (Å²) in [6, 6.07) is 0. The van der Waals surface area contributed by atoms with E-state index in [9.17, 15) is 9.90 Å². The Hall–Kier alpha value is -0.653. The van der Waals surface area contributed by atoms with E-state index in [1.807, 2.05) is 6.92 Å². The lowest BCUT2D eigenvalue weighted by Gasteiger charge is -2.50. The molecule has 0 amide bonds. The minimum atomic E-state index is -1.97. The molecule has 2 rings (SSSR count). The van der Waals surface area contributed by atoms with Gasteiger partial charge in [0.15, 0.2) is 8.32 Å². The molecule has 0 aliphatic heterocycles. The summed E-state index contributed by atoms with van der Waals surface area (Å²) >= 11 is 0. The summed E-state index contributed by atoms with van der Waals surface area (Å²) in [5, 5.41) is 9.92. The Labute approximate surface area is 160 Å². The van der Waals surface area contributed by atoms with Gasteiger partial charge in [-0.2, -0.15) is 0 Å². The van der Waals surface area contributed by atoms with E-state index in [0.29, 0.717) is 6.61 Å². The molecule has 2 aliphatic carbocycles. The number of allylic oxidation sites excluding steroid dienone is 2. The van der Waals surface area contributed by atoms with Crippen molar-refractivity contribution in [2.75, 3.05) is 13.2 Å². The number of ether oxygens (including phenoxy) is 1. The molecular formula is C21H38O4Si. The van der Waals surface area contributed by atoms with Crippen LogP contribution in [0, 0.1) is 29.6 Å². The van der Waals surface area contributed by atoms with E-state index >= 15 is 0 Å². The fraction of sp³-hybridized carbons (Fsp3) is 0.857. The monoisotopic (exact) mass is 382 g/mol. The average Bonchev–Trinajstić information content (AvgIpc) is 2.53. The summed E-state index contributed by atoms with van der Waals surface area (Å²) in [6.45, 7) is 15.9. The third-order valence-corrected chi connectivity index (χ3v) is 11.3. The highest BCUT2D eigenvalue weighted by atomic mass is 28.4. The summed E-state index contributed by atoms with van der Waals surface area (Å²) < 4.78 is 12.3. The van der Waals surface area contributed by atoms with Crippen molar-refractivity contribution in [3.05, 3.63) is 12.2 Å². The van der Waals surface area contributed by atoms with Gasteiger partial charge in [0.1, 0.15) is 0 Å². The van der Waals surface area contributed by atoms with E-state index in [4.69, 9.17) is 9.16 Å². The van der Waals surface area contributed by atoms with E-state index in [1.54, 1.807) is 0 Å². The Morgan fingerprint density at radius 2 is 1.88 bits per heavy atom. The lowest BCUT2D eigenvalue weighted by atomic mass is 9.62. The minimum absolute atomic E-state index is 0.00796. The van der Waals surface area contributed by atoms with Crippen LogP contribution >= 0.6 is 0 Å². The van der Waals surface area contributed by atoms with E-state index in [2.05, 4.69) is 52.9 Å². The fourth-order valence-electron chi connectivity index (χ4n) is 4.33. The van der Waals surface area contributed by atoms with Gasteiger partial charge in [-0.15, -0.1) is 0 Å². The maximum Gasteiger partial charge on any atom is 0.309 e. The van der Waals surface area contributed by atoms with Gasteiger partial charge in [0.05, 0.1) is 12.5 Å². The molecule has 1 saturated carbocycles. The third kappa shape index (κ3) is 4.42. The van der Waals surface area contributed by atoms with E-state index in [-0.39, 0.29) is 53.3 Å². The van der Waals surface area contributed by atoms with Crippen LogP contribution < -0.4 is 0 Å². The van der Waals surface area contributed by atoms with Gasteiger partial charge < -0.3 is 14.3 Å². The first kappa shape index (κ1) is 21.6. The van der Waals surface area contributed by atoms with Crippen LogP contribution in [-0.4, -0.2) is 38.7 Å². The standard InChI is InChI=1S/C21H38O4Si/c1-8-24-20(23)18-14(2)9-10-16-11-15(13-22)12-17(19(16)18)25-26(6,7)21(3,4)5/h9-10,14-19,22H,8,11-13H2,1-7H3/t14-,15-,16-,17-,18-,19?/m0/s1. The molecule has 1 N–H and O–H groups in total. The Balaban J connectivity index is 2.36. The predicted octanol–water partition coefficient (Wildman–Crippen LogP) is 4.40. The Kier molecular flexibility index (Phi) is 6.79. The molecule has 1 unspecified atom stereocenters. The number of aliphatic hydroxyl groups is 1. The predicted molar refractivity (Wildman–Crippen MR) is 107 cm³/mol. The summed E-state index contributed by atoms with van der Waals surface area (Å²) in [6.07, 6.45) is 6.19. The topological polar surface area (TPSA) is 55.8 Å². The van der Waals surface area contributed by atoms with Crippen molar-refractivity contribution >= 4 is 14.3 Å². The fourth-order valence-corrected chi connectivity index (χ4v) is 5.70. The van der Waals surface area contributed by atoms with E-state index < -0.39 is 8.32 Å². The molecule has 0 bridgehead atoms. The van der Waals surface area contributed by atoms with Crippen LogP contribution in [0.1, 0.15) is 47.5 Å². The normalized spacial score (nSPS) is 35.1. The average molecular weight is 383 g/mol. The Morgan fingerprint density at radius 1 is 1.23 bits per heavy atom. The second-order valence-corrected chi connectivity index (χ2v) is 14.5. The zero-order chi connectivity index (χ0) is 19.7. The van der Waals surface area contributed by atoms with Gasteiger partial charge in [0.2, 0.25) is 0 Å². The van der Waals surface area contributed by atoms with Gasteiger partial charge in [0.25, 0.3) is 0 Å². The van der Waals surface area contributed by atoms with E-state index in [0.717, 1.165) is 12.8 Å². The summed E-state index contributed by atoms with van der Waals surface area (Å²) in [7, 11) is -1.97. The van der Waals surface area contributed by atoms with Gasteiger partial charge in [-0.1, -0.05) is 39.8 Å². The van der Waals surface area contributed by atoms with Crippen LogP contribution in [0.4, 0.5) is 0 Å². The first-order valence-corrected chi connectivity index (χ1v) is 13.1. The van der Waals surface area contributed by atoms with Gasteiger partial charge in [-0.25, -0.2) is 0 Å². The minimum Gasteiger partial charge on any atom is -0.466 e. The number of rotatable bonds is 5. The highest BCUT2D eigenvalue weighted by Crippen LogP contribution is 2.49. The number of carbonyl (C=O) groups excluding carboxylic acids is 1. The number of aliphatic hydroxyl groups excluding tert-OH is 1. The van der Waals surface area contributed by atoms with Crippen molar-refractivity contribution in [3.63, 3.8) is 0 Å². The summed E-state index contributed by atoms with van der Waals surface area (Å²) in [4.78, 5) is 12.8. The molecule has 0 aromatic heterocycles. The molecule has 0 radical (unpaired) electrons. The lowest BCUT2D eigenvalue weighted by molar-refractivity contribution is -0.157. The van der Waals surface area contributed by atoms with Crippen molar-refractivity contribution in [2.24, 2.45) is 29.6 Å². The second-order valence-electron chi connectivity index (χ2n) is 9.70. The molecule has 26 heavy (non-hydrogen) atoms. The largest absolute Gasteiger partial charge is 0.466 e. The number of hydrogen-bond acceptors (Lipinski definition) is 4. The molecule has 5 heteroatoms. The molecule has 0 heterocycles. The lowest BCUT2D eigenvalue weighted by Crippen LogP contribution is -2.53. The number of hydrogen-bond donors (Lipinski definition) is 1. The molecule has 4 nitrogen and oxygen atoms in total. The molecule has 1 fully saturated rings. The highest BCUT2D eigenvalue weighted by molar-refractivity contribution is 6.74. The van der Waals surface area contributed by atoms with Crippen molar-refractivity contribution in [1.82, 2.24) is 0 Å². The summed E-state index contributed by atoms with van der Waals surface area (Å²) in [5.74, 6) is 0.579. The molecular weight excluding hydrogens is 344 g/mol. The zero-order valence-corrected chi connectivity index (χ0v) is 18.6. The van der Waals surface area contributed by atoms with Gasteiger partial charge in [-0.3, -0.25) is 4.79 Å². The van der Waals surface area contributed by atoms with Crippen LogP contribution in [0.2, 0.25) is 18.1 Å². The molecule has 2 aliphatic rings. The van der Waals surface area contributed by atoms with Crippen LogP contribution in [0.3, 0.4) is 0 Å². The number of carbonyl (C=O) groups is 1. The van der Waals surface area contributed by atoms with Gasteiger partial charge >= 0.3 is 5.97 Å². The third-order valence-electron chi connectivity index (χ3n) is 6.81. The zero-order valence-electron chi connectivity index (χ0n) is 17.6. The molecule has 6 atom stereocenters. The molecule has 150 valence electrons. The van der Waals surface area contributed by atoms with Crippen LogP contribution in [0.25, 0.3) is 0 Å². The van der Waals surface area contributed by atoms with E-state index in [1.165, 1.54) is 0 Å². The maximum atomic E-state index is 12.8. The van der Waals surface area contributed by atoms with Crippen molar-refractivity contribution < 1.29 is 19.1 Å². The van der Waals surface area contributed by atoms with Crippen molar-refractivity contribution in [3.8, 4) is 0 Å². The van der Waals surface area contributed by atoms with Crippen molar-refractivity contribution in [1.29, 1.82) is 0 Å². The molecule has 0 saturated heterocycles. The van der Waals surface area contributed by atoms with Crippen LogP contribution in [-0.2, 0) is 14.0 Å². The first-order valence-electron chi connectivity index (χ1n) is 10.2. The highest BCUT2D eigenvalue weighted by Gasteiger charge is 2.50. The SMILES string of the molecule is CCOC(=O)[C@@H]1C2[C@@H](O[Si](C)(C)C(C)(C)C)C[C@@H](CO)C[C@@H]2C=C[C@@H]1C. The number of esters is 1. The smallest absolute Gasteiger partial charge is 0.309 e. The molecule has 0 aromatic carbocycles. The first-order chi connectivity index (χ1) is 12.0. The van der Waals surface area contributed by atoms with Gasteiger partial charge in [0, 0.05) is 18.6 Å². The molecule has 0 spiro atoms. The van der Waals surface area contributed by atoms with Gasteiger partial charge in [-0.05, 0) is 55.7 Å². The maximum absolute atomic E-state index is 12.8. The van der Waals surface area contributed by atoms with Crippen LogP contribution in [0.5, 0.6) is 0 Å².